The van der Waals surface area contributed by atoms with Crippen molar-refractivity contribution < 1.29 is 19.4 Å². The van der Waals surface area contributed by atoms with E-state index in [0.29, 0.717) is 45.1 Å². The summed E-state index contributed by atoms with van der Waals surface area (Å²) in [4.78, 5) is 23.2. The van der Waals surface area contributed by atoms with Gasteiger partial charge in [-0.05, 0) is 18.8 Å². The van der Waals surface area contributed by atoms with Crippen molar-refractivity contribution in [2.75, 3.05) is 26.3 Å². The van der Waals surface area contributed by atoms with Gasteiger partial charge in [0.1, 0.15) is 6.10 Å². The number of rotatable bonds is 9. The molecule has 1 saturated heterocycles. The third-order valence-corrected chi connectivity index (χ3v) is 3.39. The predicted molar refractivity (Wildman–Crippen MR) is 85.6 cm³/mol. The number of nitrogens with two attached hydrogens (primary N) is 1. The smallest absolute Gasteiger partial charge is 0.250 e. The summed E-state index contributed by atoms with van der Waals surface area (Å²) < 4.78 is 5.33. The molecule has 1 heterocycles. The molecular formula is C14H28ClN3O4. The summed E-state index contributed by atoms with van der Waals surface area (Å²) in [7, 11) is 0. The van der Waals surface area contributed by atoms with Gasteiger partial charge in [0, 0.05) is 31.7 Å². The lowest BCUT2D eigenvalue weighted by Gasteiger charge is -2.20. The van der Waals surface area contributed by atoms with Crippen LogP contribution in [0.5, 0.6) is 0 Å². The molecule has 0 bridgehead atoms. The fourth-order valence-electron chi connectivity index (χ4n) is 2.19. The zero-order valence-corrected chi connectivity index (χ0v) is 14.0. The van der Waals surface area contributed by atoms with Gasteiger partial charge in [0.25, 0.3) is 5.91 Å². The van der Waals surface area contributed by atoms with Gasteiger partial charge in [0.15, 0.2) is 0 Å². The highest BCUT2D eigenvalue weighted by atomic mass is 35.5. The first-order valence-electron chi connectivity index (χ1n) is 7.48. The molecule has 1 aliphatic rings. The number of ether oxygens (including phenoxy) is 1. The molecule has 22 heavy (non-hydrogen) atoms. The maximum absolute atomic E-state index is 11.7. The third-order valence-electron chi connectivity index (χ3n) is 3.39. The molecule has 1 aliphatic heterocycles. The van der Waals surface area contributed by atoms with Crippen LogP contribution in [0.15, 0.2) is 0 Å². The SMILES string of the molecule is CC(C)COCCNC(=O)C(O)C(N)C[C@@H]1CCNC1=O.Cl. The summed E-state index contributed by atoms with van der Waals surface area (Å²) in [5, 5.41) is 15.2. The van der Waals surface area contributed by atoms with Crippen LogP contribution in [0.25, 0.3) is 0 Å². The second kappa shape index (κ2) is 10.8. The van der Waals surface area contributed by atoms with Crippen molar-refractivity contribution in [3.63, 3.8) is 0 Å². The van der Waals surface area contributed by atoms with E-state index in [2.05, 4.69) is 10.6 Å². The molecule has 0 aromatic carbocycles. The van der Waals surface area contributed by atoms with Crippen LogP contribution in [0.1, 0.15) is 26.7 Å². The first-order valence-corrected chi connectivity index (χ1v) is 7.48. The van der Waals surface area contributed by atoms with E-state index in [0.717, 1.165) is 0 Å². The number of amides is 2. The van der Waals surface area contributed by atoms with E-state index in [9.17, 15) is 14.7 Å². The lowest BCUT2D eigenvalue weighted by molar-refractivity contribution is -0.131. The number of carbonyl (C=O) groups excluding carboxylic acids is 2. The number of halogens is 1. The van der Waals surface area contributed by atoms with Crippen molar-refractivity contribution in [3.8, 4) is 0 Å². The summed E-state index contributed by atoms with van der Waals surface area (Å²) in [5.41, 5.74) is 5.81. The molecule has 1 fully saturated rings. The van der Waals surface area contributed by atoms with Gasteiger partial charge in [-0.3, -0.25) is 9.59 Å². The molecule has 0 aromatic rings. The van der Waals surface area contributed by atoms with E-state index in [1.54, 1.807) is 0 Å². The molecule has 0 aromatic heterocycles. The van der Waals surface area contributed by atoms with Crippen molar-refractivity contribution >= 4 is 24.2 Å². The van der Waals surface area contributed by atoms with Crippen LogP contribution >= 0.6 is 12.4 Å². The maximum atomic E-state index is 11.7. The molecule has 2 unspecified atom stereocenters. The standard InChI is InChI=1S/C14H27N3O4.ClH/c1-9(2)8-21-6-5-17-14(20)12(18)11(15)7-10-3-4-16-13(10)19;/h9-12,18H,3-8,15H2,1-2H3,(H,16,19)(H,17,20);1H/t10-,11?,12?;/m0./s1. The van der Waals surface area contributed by atoms with Crippen LogP contribution < -0.4 is 16.4 Å². The number of aliphatic hydroxyl groups excluding tert-OH is 1. The summed E-state index contributed by atoms with van der Waals surface area (Å²) in [6.45, 7) is 6.08. The van der Waals surface area contributed by atoms with Crippen LogP contribution in [-0.2, 0) is 14.3 Å². The summed E-state index contributed by atoms with van der Waals surface area (Å²) in [5.74, 6) is -0.344. The fraction of sp³-hybridized carbons (Fsp3) is 0.857. The molecule has 0 saturated carbocycles. The van der Waals surface area contributed by atoms with Crippen LogP contribution in [0.4, 0.5) is 0 Å². The quantitative estimate of drug-likeness (QED) is 0.420. The fourth-order valence-corrected chi connectivity index (χ4v) is 2.19. The topological polar surface area (TPSA) is 114 Å². The highest BCUT2D eigenvalue weighted by Crippen LogP contribution is 2.16. The third kappa shape index (κ3) is 7.40. The monoisotopic (exact) mass is 337 g/mol. The van der Waals surface area contributed by atoms with Crippen LogP contribution in [0.3, 0.4) is 0 Å². The van der Waals surface area contributed by atoms with Crippen molar-refractivity contribution in [1.82, 2.24) is 10.6 Å². The average molecular weight is 338 g/mol. The minimum atomic E-state index is -1.30. The van der Waals surface area contributed by atoms with Gasteiger partial charge in [0.05, 0.1) is 6.61 Å². The highest BCUT2D eigenvalue weighted by Gasteiger charge is 2.30. The van der Waals surface area contributed by atoms with Crippen molar-refractivity contribution in [1.29, 1.82) is 0 Å². The second-order valence-corrected chi connectivity index (χ2v) is 5.88. The van der Waals surface area contributed by atoms with Crippen LogP contribution in [0.2, 0.25) is 0 Å². The Kier molecular flexibility index (Phi) is 10.3. The largest absolute Gasteiger partial charge is 0.382 e. The first kappa shape index (κ1) is 21.1. The number of carbonyl (C=O) groups is 2. The number of nitrogens with one attached hydrogen (secondary N) is 2. The minimum absolute atomic E-state index is 0. The molecule has 0 aliphatic carbocycles. The zero-order chi connectivity index (χ0) is 15.8. The van der Waals surface area contributed by atoms with E-state index in [-0.39, 0.29) is 24.2 Å². The average Bonchev–Trinajstić information content (AvgIpc) is 2.82. The Balaban J connectivity index is 0.00000441. The highest BCUT2D eigenvalue weighted by molar-refractivity contribution is 5.85. The van der Waals surface area contributed by atoms with Crippen molar-refractivity contribution in [2.24, 2.45) is 17.6 Å². The molecule has 1 rings (SSSR count). The number of aliphatic hydroxyl groups is 1. The van der Waals surface area contributed by atoms with Gasteiger partial charge in [-0.25, -0.2) is 0 Å². The molecule has 3 atom stereocenters. The Hall–Kier alpha value is -0.890. The van der Waals surface area contributed by atoms with Gasteiger partial charge >= 0.3 is 0 Å². The second-order valence-electron chi connectivity index (χ2n) is 5.88. The van der Waals surface area contributed by atoms with Gasteiger partial charge < -0.3 is 26.2 Å². The molecule has 2 amide bonds. The molecule has 0 radical (unpaired) electrons. The maximum Gasteiger partial charge on any atom is 0.250 e. The number of hydrogen-bond acceptors (Lipinski definition) is 5. The Morgan fingerprint density at radius 2 is 2.23 bits per heavy atom. The van der Waals surface area contributed by atoms with Gasteiger partial charge in [-0.15, -0.1) is 12.4 Å². The molecule has 8 heteroatoms. The Labute approximate surface area is 137 Å². The lowest BCUT2D eigenvalue weighted by Crippen LogP contribution is -2.48. The Morgan fingerprint density at radius 1 is 1.55 bits per heavy atom. The summed E-state index contributed by atoms with van der Waals surface area (Å²) >= 11 is 0. The summed E-state index contributed by atoms with van der Waals surface area (Å²) in [6.07, 6.45) is -0.294. The zero-order valence-electron chi connectivity index (χ0n) is 13.2. The molecule has 0 spiro atoms. The van der Waals surface area contributed by atoms with E-state index in [1.807, 2.05) is 13.8 Å². The van der Waals surface area contributed by atoms with E-state index < -0.39 is 18.1 Å². The van der Waals surface area contributed by atoms with E-state index in [4.69, 9.17) is 10.5 Å². The van der Waals surface area contributed by atoms with Crippen molar-refractivity contribution in [3.05, 3.63) is 0 Å². The molecule has 7 nitrogen and oxygen atoms in total. The van der Waals surface area contributed by atoms with E-state index >= 15 is 0 Å². The Bertz CT molecular complexity index is 355. The molecular weight excluding hydrogens is 310 g/mol. The van der Waals surface area contributed by atoms with E-state index in [1.165, 1.54) is 0 Å². The molecule has 5 N–H and O–H groups in total. The van der Waals surface area contributed by atoms with Crippen molar-refractivity contribution in [2.45, 2.75) is 38.8 Å². The molecule has 130 valence electrons. The van der Waals surface area contributed by atoms with Crippen LogP contribution in [0, 0.1) is 11.8 Å². The van der Waals surface area contributed by atoms with Gasteiger partial charge in [0.2, 0.25) is 5.91 Å². The number of hydrogen-bond donors (Lipinski definition) is 4. The first-order chi connectivity index (χ1) is 9.91. The van der Waals surface area contributed by atoms with Gasteiger partial charge in [-0.1, -0.05) is 13.8 Å². The predicted octanol–water partition coefficient (Wildman–Crippen LogP) is -0.589. The lowest BCUT2D eigenvalue weighted by atomic mass is 9.95. The normalized spacial score (nSPS) is 20.2. The summed E-state index contributed by atoms with van der Waals surface area (Å²) in [6, 6.07) is -0.740. The Morgan fingerprint density at radius 3 is 2.77 bits per heavy atom. The van der Waals surface area contributed by atoms with Crippen LogP contribution in [-0.4, -0.2) is 55.4 Å². The minimum Gasteiger partial charge on any atom is -0.382 e. The van der Waals surface area contributed by atoms with Gasteiger partial charge in [-0.2, -0.15) is 0 Å².